The number of carbonyl (C=O) groups is 2. The number of carboxylic acid groups (broad SMARTS) is 2. The Morgan fingerprint density at radius 1 is 1.44 bits per heavy atom. The van der Waals surface area contributed by atoms with Crippen molar-refractivity contribution < 1.29 is 25.0 Å². The van der Waals surface area contributed by atoms with Crippen molar-refractivity contribution >= 4 is 40.7 Å². The summed E-state index contributed by atoms with van der Waals surface area (Å²) in [6.07, 6.45) is -0.107. The van der Waals surface area contributed by atoms with E-state index in [1.165, 1.54) is 11.3 Å². The molecule has 0 aromatic carbocycles. The van der Waals surface area contributed by atoms with Crippen molar-refractivity contribution in [2.75, 3.05) is 5.75 Å². The molecular weight excluding hydrogens is 280 g/mol. The molecule has 3 N–H and O–H groups in total. The minimum atomic E-state index is -1.30. The van der Waals surface area contributed by atoms with Crippen LogP contribution in [0.1, 0.15) is 10.6 Å². The molecule has 0 amide bonds. The second kappa shape index (κ2) is 6.36. The van der Waals surface area contributed by atoms with Gasteiger partial charge in [-0.2, -0.15) is 0 Å². The van der Waals surface area contributed by atoms with E-state index >= 15 is 0 Å². The quantitative estimate of drug-likeness (QED) is 0.310. The number of rotatable bonds is 6. The summed E-state index contributed by atoms with van der Waals surface area (Å²) < 4.78 is 0.547. The molecule has 0 aliphatic heterocycles. The number of nitrogens with zero attached hydrogens (tertiary/aromatic N) is 2. The van der Waals surface area contributed by atoms with Gasteiger partial charge in [-0.15, -0.1) is 11.3 Å². The zero-order valence-corrected chi connectivity index (χ0v) is 10.9. The van der Waals surface area contributed by atoms with Crippen LogP contribution in [-0.4, -0.2) is 43.8 Å². The molecule has 7 nitrogen and oxygen atoms in total. The molecule has 1 heterocycles. The third kappa shape index (κ3) is 4.00. The molecule has 0 aliphatic rings. The molecule has 9 heteroatoms. The Morgan fingerprint density at radius 3 is 2.61 bits per heavy atom. The Bertz CT molecular complexity index is 497. The van der Waals surface area contributed by atoms with Crippen LogP contribution in [0.25, 0.3) is 0 Å². The smallest absolute Gasteiger partial charge is 0.354 e. The average Bonchev–Trinajstić information content (AvgIpc) is 2.59. The second-order valence-electron chi connectivity index (χ2n) is 3.20. The van der Waals surface area contributed by atoms with Crippen LogP contribution in [0.2, 0.25) is 0 Å². The van der Waals surface area contributed by atoms with E-state index in [2.05, 4.69) is 10.1 Å². The van der Waals surface area contributed by atoms with E-state index in [1.54, 1.807) is 6.92 Å². The predicted octanol–water partition coefficient (Wildman–Crippen LogP) is 1.09. The van der Waals surface area contributed by atoms with E-state index in [-0.39, 0.29) is 17.9 Å². The Balaban J connectivity index is 2.69. The highest BCUT2D eigenvalue weighted by Crippen LogP contribution is 2.27. The molecule has 18 heavy (non-hydrogen) atoms. The van der Waals surface area contributed by atoms with Gasteiger partial charge >= 0.3 is 11.9 Å². The van der Waals surface area contributed by atoms with Gasteiger partial charge in [0.05, 0.1) is 17.9 Å². The largest absolute Gasteiger partial charge is 0.481 e. The minimum absolute atomic E-state index is 0.0364. The van der Waals surface area contributed by atoms with Crippen LogP contribution in [0.3, 0.4) is 0 Å². The lowest BCUT2D eigenvalue weighted by molar-refractivity contribution is -0.136. The molecule has 0 fully saturated rings. The highest BCUT2D eigenvalue weighted by Gasteiger charge is 2.15. The molecule has 0 aliphatic carbocycles. The molecule has 1 aromatic heterocycles. The summed E-state index contributed by atoms with van der Waals surface area (Å²) in [6, 6.07) is 0. The molecule has 1 aromatic rings. The van der Waals surface area contributed by atoms with Crippen molar-refractivity contribution in [2.45, 2.75) is 17.7 Å². The summed E-state index contributed by atoms with van der Waals surface area (Å²) in [5, 5.41) is 28.4. The van der Waals surface area contributed by atoms with Crippen molar-refractivity contribution in [3.8, 4) is 0 Å². The van der Waals surface area contributed by atoms with Crippen LogP contribution in [0.4, 0.5) is 0 Å². The number of oxime groups is 1. The molecule has 1 rings (SSSR count). The van der Waals surface area contributed by atoms with E-state index in [0.29, 0.717) is 14.9 Å². The van der Waals surface area contributed by atoms with Crippen LogP contribution < -0.4 is 0 Å². The maximum atomic E-state index is 10.6. The monoisotopic (exact) mass is 290 g/mol. The van der Waals surface area contributed by atoms with Gasteiger partial charge in [0.15, 0.2) is 10.1 Å². The van der Waals surface area contributed by atoms with Gasteiger partial charge in [-0.1, -0.05) is 16.9 Å². The molecule has 0 bridgehead atoms. The predicted molar refractivity (Wildman–Crippen MR) is 65.8 cm³/mol. The molecule has 98 valence electrons. The minimum Gasteiger partial charge on any atom is -0.481 e. The standard InChI is InChI=1S/C9H10N2O5S2/c1-4-6(2-7(12)13)18-9(10-4)17-3-5(11-16)8(14)15/h16H,2-3H2,1H3,(H,12,13)(H,14,15). The molecular formula is C9H10N2O5S2. The number of aromatic nitrogens is 1. The van der Waals surface area contributed by atoms with Gasteiger partial charge in [-0.25, -0.2) is 9.78 Å². The summed E-state index contributed by atoms with van der Waals surface area (Å²) in [6.45, 7) is 1.69. The third-order valence-corrected chi connectivity index (χ3v) is 4.20. The van der Waals surface area contributed by atoms with E-state index in [9.17, 15) is 9.59 Å². The van der Waals surface area contributed by atoms with Crippen molar-refractivity contribution in [1.29, 1.82) is 0 Å². The fourth-order valence-electron chi connectivity index (χ4n) is 1.03. The van der Waals surface area contributed by atoms with Crippen molar-refractivity contribution in [3.63, 3.8) is 0 Å². The summed E-state index contributed by atoms with van der Waals surface area (Å²) in [7, 11) is 0. The Hall–Kier alpha value is -1.61. The number of carboxylic acids is 2. The van der Waals surface area contributed by atoms with Crippen LogP contribution >= 0.6 is 23.1 Å². The van der Waals surface area contributed by atoms with Gasteiger partial charge in [0.25, 0.3) is 0 Å². The number of aryl methyl sites for hydroxylation is 1. The first-order chi connectivity index (χ1) is 8.43. The van der Waals surface area contributed by atoms with Crippen LogP contribution in [0.15, 0.2) is 9.50 Å². The zero-order valence-electron chi connectivity index (χ0n) is 9.28. The molecule has 0 atom stereocenters. The van der Waals surface area contributed by atoms with Gasteiger partial charge in [-0.3, -0.25) is 4.79 Å². The average molecular weight is 290 g/mol. The SMILES string of the molecule is Cc1nc(SCC(=NO)C(=O)O)sc1CC(=O)O. The molecule has 0 radical (unpaired) electrons. The number of thioether (sulfide) groups is 1. The topological polar surface area (TPSA) is 120 Å². The van der Waals surface area contributed by atoms with E-state index < -0.39 is 11.9 Å². The lowest BCUT2D eigenvalue weighted by Gasteiger charge is -1.95. The number of thiazole rings is 1. The maximum Gasteiger partial charge on any atom is 0.354 e. The highest BCUT2D eigenvalue weighted by atomic mass is 32.2. The van der Waals surface area contributed by atoms with Gasteiger partial charge in [0, 0.05) is 4.88 Å². The highest BCUT2D eigenvalue weighted by molar-refractivity contribution is 8.01. The first-order valence-corrected chi connectivity index (χ1v) is 6.49. The van der Waals surface area contributed by atoms with Gasteiger partial charge < -0.3 is 15.4 Å². The lowest BCUT2D eigenvalue weighted by atomic mass is 10.3. The third-order valence-electron chi connectivity index (χ3n) is 1.88. The van der Waals surface area contributed by atoms with Crippen molar-refractivity contribution in [1.82, 2.24) is 4.98 Å². The van der Waals surface area contributed by atoms with E-state index in [4.69, 9.17) is 15.4 Å². The maximum absolute atomic E-state index is 10.6. The first-order valence-electron chi connectivity index (χ1n) is 4.69. The van der Waals surface area contributed by atoms with Crippen molar-refractivity contribution in [2.24, 2.45) is 5.16 Å². The van der Waals surface area contributed by atoms with Gasteiger partial charge in [0.1, 0.15) is 0 Å². The van der Waals surface area contributed by atoms with Crippen LogP contribution in [-0.2, 0) is 16.0 Å². The zero-order chi connectivity index (χ0) is 13.7. The molecule has 0 saturated heterocycles. The van der Waals surface area contributed by atoms with Crippen molar-refractivity contribution in [3.05, 3.63) is 10.6 Å². The Labute approximate surface area is 110 Å². The fourth-order valence-corrected chi connectivity index (χ4v) is 3.17. The van der Waals surface area contributed by atoms with Gasteiger partial charge in [-0.05, 0) is 6.92 Å². The Kier molecular flexibility index (Phi) is 5.10. The number of hydrogen-bond acceptors (Lipinski definition) is 7. The lowest BCUT2D eigenvalue weighted by Crippen LogP contribution is -2.15. The van der Waals surface area contributed by atoms with E-state index in [1.807, 2.05) is 0 Å². The molecule has 0 unspecified atom stereocenters. The molecule has 0 saturated carbocycles. The van der Waals surface area contributed by atoms with Crippen LogP contribution in [0.5, 0.6) is 0 Å². The fraction of sp³-hybridized carbons (Fsp3) is 0.333. The van der Waals surface area contributed by atoms with E-state index in [0.717, 1.165) is 11.8 Å². The van der Waals surface area contributed by atoms with Crippen LogP contribution in [0, 0.1) is 6.92 Å². The first kappa shape index (κ1) is 14.5. The summed E-state index contributed by atoms with van der Waals surface area (Å²) >= 11 is 2.28. The molecule has 0 spiro atoms. The Morgan fingerprint density at radius 2 is 2.11 bits per heavy atom. The normalized spacial score (nSPS) is 11.5. The second-order valence-corrected chi connectivity index (χ2v) is 5.51. The summed E-state index contributed by atoms with van der Waals surface area (Å²) in [5.41, 5.74) is 0.232. The summed E-state index contributed by atoms with van der Waals surface area (Å²) in [5.74, 6) is -2.28. The number of aliphatic carboxylic acids is 2. The van der Waals surface area contributed by atoms with Gasteiger partial charge in [0.2, 0.25) is 0 Å². The summed E-state index contributed by atoms with van der Waals surface area (Å²) in [4.78, 5) is 25.9. The number of hydrogen-bond donors (Lipinski definition) is 3.